The van der Waals surface area contributed by atoms with Gasteiger partial charge in [-0.05, 0) is 25.0 Å². The number of nitrogens with two attached hydrogens (primary N) is 1. The number of aliphatic hydroxyl groups is 1. The summed E-state index contributed by atoms with van der Waals surface area (Å²) in [5, 5.41) is 14.4. The molecule has 1 aromatic carbocycles. The van der Waals surface area contributed by atoms with Gasteiger partial charge in [0.15, 0.2) is 5.69 Å². The first-order valence-electron chi connectivity index (χ1n) is 7.11. The molecule has 1 heterocycles. The monoisotopic (exact) mass is 303 g/mol. The molecule has 118 valence electrons. The third-order valence-electron chi connectivity index (χ3n) is 3.69. The second-order valence-corrected chi connectivity index (χ2v) is 5.78. The van der Waals surface area contributed by atoms with Gasteiger partial charge >= 0.3 is 0 Å². The lowest BCUT2D eigenvalue weighted by Gasteiger charge is -2.27. The first-order valence-corrected chi connectivity index (χ1v) is 7.11. The van der Waals surface area contributed by atoms with E-state index in [0.717, 1.165) is 5.69 Å². The number of carbonyl (C=O) groups is 1. The zero-order chi connectivity index (χ0) is 16.3. The summed E-state index contributed by atoms with van der Waals surface area (Å²) < 4.78 is 7.19. The number of benzene rings is 1. The zero-order valence-corrected chi connectivity index (χ0v) is 13.0. The normalized spacial score (nSPS) is 13.9. The van der Waals surface area contributed by atoms with Gasteiger partial charge in [0.05, 0.1) is 11.3 Å². The van der Waals surface area contributed by atoms with E-state index in [1.165, 1.54) is 10.7 Å². The van der Waals surface area contributed by atoms with E-state index in [9.17, 15) is 9.90 Å². The lowest BCUT2D eigenvalue weighted by molar-refractivity contribution is -0.0284. The highest BCUT2D eigenvalue weighted by atomic mass is 16.5. The summed E-state index contributed by atoms with van der Waals surface area (Å²) in [7, 11) is 0. The number of primary amides is 1. The van der Waals surface area contributed by atoms with Gasteiger partial charge in [-0.25, -0.2) is 4.68 Å². The summed E-state index contributed by atoms with van der Waals surface area (Å²) in [6, 6.07) is 10.7. The van der Waals surface area contributed by atoms with E-state index in [2.05, 4.69) is 5.10 Å². The molecule has 1 atom stereocenters. The number of carbonyl (C=O) groups excluding carboxylic acids is 1. The summed E-state index contributed by atoms with van der Waals surface area (Å²) in [6.07, 6.45) is 0. The summed E-state index contributed by atoms with van der Waals surface area (Å²) in [6.45, 7) is 5.61. The van der Waals surface area contributed by atoms with Crippen LogP contribution in [0.2, 0.25) is 0 Å². The van der Waals surface area contributed by atoms with E-state index < -0.39 is 11.5 Å². The number of ether oxygens (including phenoxy) is 1. The molecule has 0 fully saturated rings. The highest BCUT2D eigenvalue weighted by Crippen LogP contribution is 2.22. The van der Waals surface area contributed by atoms with Crippen LogP contribution in [0.15, 0.2) is 36.4 Å². The molecular weight excluding hydrogens is 282 g/mol. The number of rotatable bonds is 6. The van der Waals surface area contributed by atoms with Gasteiger partial charge in [0.2, 0.25) is 5.88 Å². The number of para-hydroxylation sites is 1. The maximum atomic E-state index is 11.3. The molecular formula is C16H21N3O3. The number of nitrogens with zero attached hydrogens (tertiary/aromatic N) is 2. The van der Waals surface area contributed by atoms with Crippen molar-refractivity contribution >= 4 is 5.91 Å². The average molecular weight is 303 g/mol. The van der Waals surface area contributed by atoms with Crippen LogP contribution in [0.5, 0.6) is 5.88 Å². The van der Waals surface area contributed by atoms with Gasteiger partial charge in [0, 0.05) is 6.07 Å². The lowest BCUT2D eigenvalue weighted by Crippen LogP contribution is -2.38. The highest BCUT2D eigenvalue weighted by molar-refractivity contribution is 5.91. The van der Waals surface area contributed by atoms with Gasteiger partial charge in [0.1, 0.15) is 6.61 Å². The third-order valence-corrected chi connectivity index (χ3v) is 3.69. The Kier molecular flexibility index (Phi) is 4.51. The van der Waals surface area contributed by atoms with Crippen molar-refractivity contribution < 1.29 is 14.6 Å². The van der Waals surface area contributed by atoms with Crippen molar-refractivity contribution in [3.05, 3.63) is 42.1 Å². The van der Waals surface area contributed by atoms with Crippen LogP contribution in [0.25, 0.3) is 5.69 Å². The van der Waals surface area contributed by atoms with E-state index in [1.807, 2.05) is 44.2 Å². The molecule has 2 rings (SSSR count). The van der Waals surface area contributed by atoms with Crippen molar-refractivity contribution in [3.63, 3.8) is 0 Å². The molecule has 22 heavy (non-hydrogen) atoms. The van der Waals surface area contributed by atoms with Crippen molar-refractivity contribution in [1.82, 2.24) is 9.78 Å². The second kappa shape index (κ2) is 6.19. The molecule has 0 saturated carbocycles. The predicted molar refractivity (Wildman–Crippen MR) is 83.0 cm³/mol. The minimum Gasteiger partial charge on any atom is -0.474 e. The quantitative estimate of drug-likeness (QED) is 0.850. The molecule has 2 aromatic rings. The Balaban J connectivity index is 2.32. The van der Waals surface area contributed by atoms with Crippen LogP contribution in [0.1, 0.15) is 31.3 Å². The smallest absolute Gasteiger partial charge is 0.269 e. The van der Waals surface area contributed by atoms with Crippen molar-refractivity contribution in [3.8, 4) is 11.6 Å². The van der Waals surface area contributed by atoms with Crippen molar-refractivity contribution in [1.29, 1.82) is 0 Å². The predicted octanol–water partition coefficient (Wildman–Crippen LogP) is 1.76. The Morgan fingerprint density at radius 1 is 1.41 bits per heavy atom. The van der Waals surface area contributed by atoms with Crippen molar-refractivity contribution in [2.24, 2.45) is 11.7 Å². The van der Waals surface area contributed by atoms with Gasteiger partial charge in [0.25, 0.3) is 5.91 Å². The molecule has 6 heteroatoms. The molecule has 1 amide bonds. The van der Waals surface area contributed by atoms with Crippen LogP contribution in [0.3, 0.4) is 0 Å². The number of hydrogen-bond acceptors (Lipinski definition) is 4. The molecule has 0 aliphatic rings. The van der Waals surface area contributed by atoms with E-state index in [4.69, 9.17) is 10.5 Å². The fourth-order valence-corrected chi connectivity index (χ4v) is 1.73. The van der Waals surface area contributed by atoms with Crippen LogP contribution in [-0.2, 0) is 0 Å². The first kappa shape index (κ1) is 16.0. The molecule has 0 aliphatic carbocycles. The lowest BCUT2D eigenvalue weighted by atomic mass is 9.94. The maximum absolute atomic E-state index is 11.3. The zero-order valence-electron chi connectivity index (χ0n) is 13.0. The number of aromatic nitrogens is 2. The summed E-state index contributed by atoms with van der Waals surface area (Å²) in [5.41, 5.74) is 5.16. The highest BCUT2D eigenvalue weighted by Gasteiger charge is 2.27. The minimum absolute atomic E-state index is 0.0243. The largest absolute Gasteiger partial charge is 0.474 e. The van der Waals surface area contributed by atoms with E-state index in [-0.39, 0.29) is 18.2 Å². The molecule has 3 N–H and O–H groups in total. The Labute approximate surface area is 129 Å². The Hall–Kier alpha value is -2.34. The molecule has 0 aliphatic heterocycles. The Morgan fingerprint density at radius 3 is 2.59 bits per heavy atom. The minimum atomic E-state index is -0.987. The summed E-state index contributed by atoms with van der Waals surface area (Å²) in [4.78, 5) is 11.3. The van der Waals surface area contributed by atoms with Gasteiger partial charge in [-0.3, -0.25) is 4.79 Å². The van der Waals surface area contributed by atoms with E-state index in [0.29, 0.717) is 5.88 Å². The standard InChI is InChI=1S/C16H21N3O3/c1-11(2)16(3,21)10-22-14-9-13(15(17)20)18-19(14)12-7-5-4-6-8-12/h4-9,11,21H,10H2,1-3H3,(H2,17,20)/t16-/m0/s1. The molecule has 1 aromatic heterocycles. The fraction of sp³-hybridized carbons (Fsp3) is 0.375. The maximum Gasteiger partial charge on any atom is 0.269 e. The number of amides is 1. The third kappa shape index (κ3) is 3.46. The topological polar surface area (TPSA) is 90.4 Å². The summed E-state index contributed by atoms with van der Waals surface area (Å²) in [5.74, 6) is -0.243. The van der Waals surface area contributed by atoms with E-state index >= 15 is 0 Å². The van der Waals surface area contributed by atoms with Crippen LogP contribution in [-0.4, -0.2) is 33.0 Å². The molecule has 0 unspecified atom stereocenters. The average Bonchev–Trinajstić information content (AvgIpc) is 2.90. The van der Waals surface area contributed by atoms with Crippen molar-refractivity contribution in [2.45, 2.75) is 26.4 Å². The molecule has 0 saturated heterocycles. The first-order chi connectivity index (χ1) is 10.3. The van der Waals surface area contributed by atoms with Crippen LogP contribution in [0, 0.1) is 5.92 Å². The van der Waals surface area contributed by atoms with Crippen LogP contribution in [0.4, 0.5) is 0 Å². The van der Waals surface area contributed by atoms with Crippen LogP contribution >= 0.6 is 0 Å². The second-order valence-electron chi connectivity index (χ2n) is 5.78. The number of hydrogen-bond donors (Lipinski definition) is 2. The molecule has 0 bridgehead atoms. The van der Waals surface area contributed by atoms with E-state index in [1.54, 1.807) is 6.92 Å². The SMILES string of the molecule is CC(C)[C@@](C)(O)COc1cc(C(N)=O)nn1-c1ccccc1. The Morgan fingerprint density at radius 2 is 2.05 bits per heavy atom. The van der Waals surface area contributed by atoms with Gasteiger partial charge in [-0.15, -0.1) is 0 Å². The van der Waals surface area contributed by atoms with Gasteiger partial charge in [-0.1, -0.05) is 32.0 Å². The van der Waals surface area contributed by atoms with Gasteiger partial charge < -0.3 is 15.6 Å². The Bertz CT molecular complexity index is 648. The van der Waals surface area contributed by atoms with Gasteiger partial charge in [-0.2, -0.15) is 5.10 Å². The van der Waals surface area contributed by atoms with Crippen molar-refractivity contribution in [2.75, 3.05) is 6.61 Å². The molecule has 0 spiro atoms. The fourth-order valence-electron chi connectivity index (χ4n) is 1.73. The summed E-state index contributed by atoms with van der Waals surface area (Å²) >= 11 is 0. The van der Waals surface area contributed by atoms with Crippen LogP contribution < -0.4 is 10.5 Å². The molecule has 6 nitrogen and oxygen atoms in total. The molecule has 0 radical (unpaired) electrons.